The van der Waals surface area contributed by atoms with Crippen molar-refractivity contribution in [3.05, 3.63) is 34.9 Å². The molecule has 2 heteroatoms. The van der Waals surface area contributed by atoms with Crippen molar-refractivity contribution in [1.82, 2.24) is 0 Å². The predicted molar refractivity (Wildman–Crippen MR) is 64.3 cm³/mol. The van der Waals surface area contributed by atoms with Crippen molar-refractivity contribution < 1.29 is 10.2 Å². The molecule has 2 rings (SSSR count). The molecule has 1 aliphatic carbocycles. The van der Waals surface area contributed by atoms with Crippen molar-refractivity contribution in [3.8, 4) is 0 Å². The van der Waals surface area contributed by atoms with Gasteiger partial charge in [-0.05, 0) is 50.7 Å². The van der Waals surface area contributed by atoms with Crippen LogP contribution in [0, 0.1) is 13.8 Å². The number of hydrogen-bond donors (Lipinski definition) is 2. The second-order valence-corrected chi connectivity index (χ2v) is 5.08. The van der Waals surface area contributed by atoms with E-state index in [1.807, 2.05) is 19.1 Å². The summed E-state index contributed by atoms with van der Waals surface area (Å²) >= 11 is 0. The van der Waals surface area contributed by atoms with Gasteiger partial charge in [0, 0.05) is 0 Å². The monoisotopic (exact) mass is 220 g/mol. The van der Waals surface area contributed by atoms with Gasteiger partial charge in [-0.15, -0.1) is 0 Å². The lowest BCUT2D eigenvalue weighted by Gasteiger charge is -2.35. The summed E-state index contributed by atoms with van der Waals surface area (Å²) in [6.45, 7) is 4.11. The first-order valence-corrected chi connectivity index (χ1v) is 5.99. The Morgan fingerprint density at radius 3 is 2.38 bits per heavy atom. The van der Waals surface area contributed by atoms with Crippen LogP contribution in [0.2, 0.25) is 0 Å². The first-order chi connectivity index (χ1) is 7.51. The smallest absolute Gasteiger partial charge is 0.0901 e. The van der Waals surface area contributed by atoms with Crippen LogP contribution >= 0.6 is 0 Å². The van der Waals surface area contributed by atoms with Gasteiger partial charge in [0.1, 0.15) is 0 Å². The molecule has 0 unspecified atom stereocenters. The predicted octanol–water partition coefficient (Wildman–Crippen LogP) is 2.43. The van der Waals surface area contributed by atoms with Crippen LogP contribution in [0.25, 0.3) is 0 Å². The molecular formula is C14H20O2. The molecule has 1 aromatic rings. The summed E-state index contributed by atoms with van der Waals surface area (Å²) in [6, 6.07) is 6.19. The zero-order chi connectivity index (χ0) is 11.8. The van der Waals surface area contributed by atoms with Crippen LogP contribution in [-0.2, 0) is 5.60 Å². The van der Waals surface area contributed by atoms with E-state index >= 15 is 0 Å². The highest BCUT2D eigenvalue weighted by molar-refractivity contribution is 5.35. The van der Waals surface area contributed by atoms with Gasteiger partial charge in [0.2, 0.25) is 0 Å². The third kappa shape index (κ3) is 2.13. The van der Waals surface area contributed by atoms with Crippen LogP contribution in [0.4, 0.5) is 0 Å². The highest BCUT2D eigenvalue weighted by Crippen LogP contribution is 2.38. The average Bonchev–Trinajstić information content (AvgIpc) is 2.22. The Balaban J connectivity index is 2.29. The van der Waals surface area contributed by atoms with Crippen LogP contribution in [0.1, 0.15) is 42.4 Å². The van der Waals surface area contributed by atoms with Gasteiger partial charge in [-0.25, -0.2) is 0 Å². The van der Waals surface area contributed by atoms with Gasteiger partial charge in [-0.2, -0.15) is 0 Å². The molecular weight excluding hydrogens is 200 g/mol. The van der Waals surface area contributed by atoms with Crippen molar-refractivity contribution >= 4 is 0 Å². The fourth-order valence-corrected chi connectivity index (χ4v) is 2.69. The van der Waals surface area contributed by atoms with E-state index in [9.17, 15) is 10.2 Å². The summed E-state index contributed by atoms with van der Waals surface area (Å²) in [5, 5.41) is 20.1. The fourth-order valence-electron chi connectivity index (χ4n) is 2.69. The van der Waals surface area contributed by atoms with E-state index in [4.69, 9.17) is 0 Å². The average molecular weight is 220 g/mol. The minimum Gasteiger partial charge on any atom is -0.393 e. The Hall–Kier alpha value is -0.860. The van der Waals surface area contributed by atoms with E-state index in [-0.39, 0.29) is 6.10 Å². The van der Waals surface area contributed by atoms with E-state index in [2.05, 4.69) is 13.0 Å². The first kappa shape index (κ1) is 11.6. The van der Waals surface area contributed by atoms with Crippen LogP contribution in [0.15, 0.2) is 18.2 Å². The molecule has 0 spiro atoms. The molecule has 0 amide bonds. The van der Waals surface area contributed by atoms with Crippen LogP contribution < -0.4 is 0 Å². The molecule has 0 saturated heterocycles. The maximum Gasteiger partial charge on any atom is 0.0901 e. The van der Waals surface area contributed by atoms with Gasteiger partial charge in [0.25, 0.3) is 0 Å². The first-order valence-electron chi connectivity index (χ1n) is 5.99. The number of benzene rings is 1. The molecule has 0 aliphatic heterocycles. The quantitative estimate of drug-likeness (QED) is 0.763. The van der Waals surface area contributed by atoms with E-state index in [0.717, 1.165) is 11.1 Å². The zero-order valence-corrected chi connectivity index (χ0v) is 10.0. The van der Waals surface area contributed by atoms with E-state index in [1.165, 1.54) is 5.56 Å². The van der Waals surface area contributed by atoms with Crippen molar-refractivity contribution in [1.29, 1.82) is 0 Å². The molecule has 0 heterocycles. The molecule has 0 radical (unpaired) electrons. The molecule has 1 aliphatic rings. The Morgan fingerprint density at radius 1 is 1.19 bits per heavy atom. The van der Waals surface area contributed by atoms with Crippen molar-refractivity contribution in [3.63, 3.8) is 0 Å². The lowest BCUT2D eigenvalue weighted by molar-refractivity contribution is -0.0365. The molecule has 0 aromatic heterocycles. The summed E-state index contributed by atoms with van der Waals surface area (Å²) in [7, 11) is 0. The Bertz CT molecular complexity index is 376. The van der Waals surface area contributed by atoms with Gasteiger partial charge >= 0.3 is 0 Å². The topological polar surface area (TPSA) is 40.5 Å². The number of hydrogen-bond acceptors (Lipinski definition) is 2. The largest absolute Gasteiger partial charge is 0.393 e. The number of aliphatic hydroxyl groups is 2. The van der Waals surface area contributed by atoms with Crippen LogP contribution in [0.5, 0.6) is 0 Å². The minimum absolute atomic E-state index is 0.231. The second-order valence-electron chi connectivity index (χ2n) is 5.08. The van der Waals surface area contributed by atoms with Crippen LogP contribution in [0.3, 0.4) is 0 Å². The Kier molecular flexibility index (Phi) is 3.04. The van der Waals surface area contributed by atoms with E-state index in [0.29, 0.717) is 25.7 Å². The number of aryl methyl sites for hydroxylation is 2. The summed E-state index contributed by atoms with van der Waals surface area (Å²) in [5.41, 5.74) is 2.68. The Morgan fingerprint density at radius 2 is 1.81 bits per heavy atom. The normalized spacial score (nSPS) is 30.4. The fraction of sp³-hybridized carbons (Fsp3) is 0.571. The van der Waals surface area contributed by atoms with Gasteiger partial charge in [0.15, 0.2) is 0 Å². The molecule has 1 fully saturated rings. The van der Waals surface area contributed by atoms with Crippen LogP contribution in [-0.4, -0.2) is 16.3 Å². The molecule has 1 aromatic carbocycles. The maximum absolute atomic E-state index is 10.6. The molecule has 0 atom stereocenters. The van der Waals surface area contributed by atoms with Gasteiger partial charge < -0.3 is 10.2 Å². The molecule has 0 bridgehead atoms. The second kappa shape index (κ2) is 4.19. The van der Waals surface area contributed by atoms with Crippen molar-refractivity contribution in [2.75, 3.05) is 0 Å². The van der Waals surface area contributed by atoms with E-state index < -0.39 is 5.60 Å². The lowest BCUT2D eigenvalue weighted by Crippen LogP contribution is -2.33. The number of rotatable bonds is 1. The van der Waals surface area contributed by atoms with Gasteiger partial charge in [-0.3, -0.25) is 0 Å². The van der Waals surface area contributed by atoms with Gasteiger partial charge in [0.05, 0.1) is 11.7 Å². The summed E-state index contributed by atoms with van der Waals surface area (Å²) in [4.78, 5) is 0. The maximum atomic E-state index is 10.6. The summed E-state index contributed by atoms with van der Waals surface area (Å²) < 4.78 is 0. The highest BCUT2D eigenvalue weighted by Gasteiger charge is 2.35. The third-order valence-electron chi connectivity index (χ3n) is 3.67. The molecule has 1 saturated carbocycles. The Labute approximate surface area is 96.9 Å². The lowest BCUT2D eigenvalue weighted by atomic mass is 9.77. The molecule has 2 N–H and O–H groups in total. The number of aliphatic hydroxyl groups excluding tert-OH is 1. The SMILES string of the molecule is Cc1ccc(C2(O)CCC(O)CC2)c(C)c1. The highest BCUT2D eigenvalue weighted by atomic mass is 16.3. The van der Waals surface area contributed by atoms with Crippen molar-refractivity contribution in [2.45, 2.75) is 51.2 Å². The van der Waals surface area contributed by atoms with E-state index in [1.54, 1.807) is 0 Å². The molecule has 2 nitrogen and oxygen atoms in total. The van der Waals surface area contributed by atoms with Gasteiger partial charge in [-0.1, -0.05) is 23.8 Å². The summed E-state index contributed by atoms with van der Waals surface area (Å²) in [6.07, 6.45) is 2.50. The zero-order valence-electron chi connectivity index (χ0n) is 10.0. The minimum atomic E-state index is -0.725. The third-order valence-corrected chi connectivity index (χ3v) is 3.67. The standard InChI is InChI=1S/C14H20O2/c1-10-3-4-13(11(2)9-10)14(16)7-5-12(15)6-8-14/h3-4,9,12,15-16H,5-8H2,1-2H3. The molecule has 16 heavy (non-hydrogen) atoms. The van der Waals surface area contributed by atoms with Crippen molar-refractivity contribution in [2.24, 2.45) is 0 Å². The summed E-state index contributed by atoms with van der Waals surface area (Å²) in [5.74, 6) is 0. The molecule has 88 valence electrons.